The largest absolute Gasteiger partial charge is 0.451 e. The maximum absolute atomic E-state index is 13.7. The van der Waals surface area contributed by atoms with Gasteiger partial charge >= 0.3 is 6.18 Å². The molecule has 4 aromatic rings. The van der Waals surface area contributed by atoms with E-state index in [9.17, 15) is 13.2 Å². The molecule has 0 amide bonds. The van der Waals surface area contributed by atoms with E-state index in [1.165, 1.54) is 4.68 Å². The van der Waals surface area contributed by atoms with Crippen molar-refractivity contribution in [1.29, 1.82) is 0 Å². The summed E-state index contributed by atoms with van der Waals surface area (Å²) in [6, 6.07) is 19.1. The van der Waals surface area contributed by atoms with E-state index in [0.717, 1.165) is 25.2 Å². The Kier molecular flexibility index (Phi) is 7.37. The molecule has 1 fully saturated rings. The molecule has 0 bridgehead atoms. The number of halogens is 4. The topological polar surface area (TPSA) is 50.1 Å². The fourth-order valence-electron chi connectivity index (χ4n) is 4.06. The number of hydrogen-bond donors (Lipinski definition) is 0. The zero-order chi connectivity index (χ0) is 23.5. The van der Waals surface area contributed by atoms with E-state index in [-0.39, 0.29) is 23.9 Å². The molecule has 2 aromatic heterocycles. The summed E-state index contributed by atoms with van der Waals surface area (Å²) in [6.45, 7) is 3.36. The number of rotatable bonds is 5. The number of para-hydroxylation sites is 1. The maximum atomic E-state index is 13.7. The van der Waals surface area contributed by atoms with Gasteiger partial charge in [-0.25, -0.2) is 14.6 Å². The highest BCUT2D eigenvalue weighted by Gasteiger charge is 2.37. The third kappa shape index (κ3) is 5.47. The normalized spacial score (nSPS) is 15.0. The highest BCUT2D eigenvalue weighted by molar-refractivity contribution is 5.88. The van der Waals surface area contributed by atoms with Gasteiger partial charge in [0.15, 0.2) is 5.65 Å². The first-order valence-corrected chi connectivity index (χ1v) is 11.1. The second-order valence-corrected chi connectivity index (χ2v) is 8.10. The number of hydrogen-bond acceptors (Lipinski definition) is 5. The second-order valence-electron chi connectivity index (χ2n) is 8.10. The van der Waals surface area contributed by atoms with E-state index in [2.05, 4.69) is 32.1 Å². The van der Waals surface area contributed by atoms with E-state index in [1.54, 1.807) is 30.5 Å². The van der Waals surface area contributed by atoms with Crippen LogP contribution in [-0.2, 0) is 6.18 Å². The number of anilines is 1. The molecule has 5 rings (SSSR count). The number of benzene rings is 2. The van der Waals surface area contributed by atoms with Crippen molar-refractivity contribution < 1.29 is 13.2 Å². The highest BCUT2D eigenvalue weighted by Crippen LogP contribution is 2.33. The molecule has 1 aliphatic rings. The van der Waals surface area contributed by atoms with E-state index in [4.69, 9.17) is 0 Å². The Hall–Kier alpha value is -3.43. The van der Waals surface area contributed by atoms with Crippen LogP contribution in [-0.4, -0.2) is 57.4 Å². The van der Waals surface area contributed by atoms with Crippen molar-refractivity contribution in [3.05, 3.63) is 84.3 Å². The van der Waals surface area contributed by atoms with Crippen LogP contribution in [0.1, 0.15) is 11.4 Å². The Morgan fingerprint density at radius 1 is 0.857 bits per heavy atom. The van der Waals surface area contributed by atoms with Crippen LogP contribution in [0.15, 0.2) is 72.9 Å². The summed E-state index contributed by atoms with van der Waals surface area (Å²) in [6.07, 6.45) is 1.08. The zero-order valence-corrected chi connectivity index (χ0v) is 19.6. The molecule has 6 nitrogen and oxygen atoms in total. The lowest BCUT2D eigenvalue weighted by molar-refractivity contribution is -0.144. The summed E-state index contributed by atoms with van der Waals surface area (Å²) in [7, 11) is 0. The minimum absolute atomic E-state index is 0. The molecule has 1 aliphatic heterocycles. The molecule has 1 saturated heterocycles. The van der Waals surface area contributed by atoms with Gasteiger partial charge in [-0.2, -0.15) is 18.3 Å². The fraction of sp³-hybridized carbons (Fsp3) is 0.240. The van der Waals surface area contributed by atoms with E-state index in [1.807, 2.05) is 41.3 Å². The van der Waals surface area contributed by atoms with Crippen molar-refractivity contribution in [2.24, 2.45) is 0 Å². The van der Waals surface area contributed by atoms with Crippen molar-refractivity contribution in [1.82, 2.24) is 24.6 Å². The number of aromatic nitrogens is 4. The van der Waals surface area contributed by atoms with Crippen molar-refractivity contribution >= 4 is 35.3 Å². The Labute approximate surface area is 207 Å². The van der Waals surface area contributed by atoms with Gasteiger partial charge in [-0.3, -0.25) is 4.90 Å². The van der Waals surface area contributed by atoms with Crippen LogP contribution in [0.5, 0.6) is 0 Å². The Bertz CT molecular complexity index is 1280. The molecule has 2 aromatic carbocycles. The number of alkyl halides is 3. The molecular weight excluding hydrogens is 477 g/mol. The van der Waals surface area contributed by atoms with Gasteiger partial charge in [0.2, 0.25) is 5.82 Å². The highest BCUT2D eigenvalue weighted by atomic mass is 35.5. The quantitative estimate of drug-likeness (QED) is 0.382. The van der Waals surface area contributed by atoms with Gasteiger partial charge < -0.3 is 4.90 Å². The molecule has 0 radical (unpaired) electrons. The molecule has 0 N–H and O–H groups in total. The monoisotopic (exact) mass is 500 g/mol. The van der Waals surface area contributed by atoms with Crippen LogP contribution >= 0.6 is 12.4 Å². The molecule has 0 unspecified atom stereocenters. The van der Waals surface area contributed by atoms with Crippen molar-refractivity contribution in [2.75, 3.05) is 37.6 Å². The van der Waals surface area contributed by atoms with E-state index >= 15 is 0 Å². The molecule has 0 spiro atoms. The zero-order valence-electron chi connectivity index (χ0n) is 18.8. The minimum Gasteiger partial charge on any atom is -0.353 e. The lowest BCUT2D eigenvalue weighted by Gasteiger charge is -2.35. The van der Waals surface area contributed by atoms with Crippen LogP contribution in [0.2, 0.25) is 0 Å². The Morgan fingerprint density at radius 2 is 1.51 bits per heavy atom. The fourth-order valence-corrected chi connectivity index (χ4v) is 4.06. The number of piperazine rings is 1. The minimum atomic E-state index is -4.65. The molecule has 0 saturated carbocycles. The van der Waals surface area contributed by atoms with Crippen LogP contribution in [0.25, 0.3) is 22.8 Å². The molecule has 35 heavy (non-hydrogen) atoms. The summed E-state index contributed by atoms with van der Waals surface area (Å²) in [5, 5.41) is 4.84. The van der Waals surface area contributed by atoms with Gasteiger partial charge in [0.05, 0.1) is 17.3 Å². The first-order valence-electron chi connectivity index (χ1n) is 11.1. The summed E-state index contributed by atoms with van der Waals surface area (Å²) >= 11 is 0. The van der Waals surface area contributed by atoms with Gasteiger partial charge in [0, 0.05) is 32.7 Å². The summed E-state index contributed by atoms with van der Waals surface area (Å²) in [5.74, 6) is -0.875. The van der Waals surface area contributed by atoms with Crippen molar-refractivity contribution in [2.45, 2.75) is 6.18 Å². The summed E-state index contributed by atoms with van der Waals surface area (Å²) in [5.41, 5.74) is 1.93. The van der Waals surface area contributed by atoms with Gasteiger partial charge in [0.25, 0.3) is 0 Å². The summed E-state index contributed by atoms with van der Waals surface area (Å²) in [4.78, 5) is 11.9. The Morgan fingerprint density at radius 3 is 2.17 bits per heavy atom. The van der Waals surface area contributed by atoms with Crippen LogP contribution in [0.4, 0.5) is 19.0 Å². The van der Waals surface area contributed by atoms with E-state index < -0.39 is 12.0 Å². The summed E-state index contributed by atoms with van der Waals surface area (Å²) < 4.78 is 42.4. The standard InChI is InChI=1S/C25H23F3N6.ClH/c26-25(27,28)24-30-22(21-18-29-34(23(21)31-24)20-11-5-2-6-12-20)33-16-14-32(15-17-33)13-7-10-19-8-3-1-4-9-19;/h1-12,18H,13-17H2;1H. The lowest BCUT2D eigenvalue weighted by Crippen LogP contribution is -2.46. The smallest absolute Gasteiger partial charge is 0.353 e. The molecule has 10 heteroatoms. The van der Waals surface area contributed by atoms with E-state index in [0.29, 0.717) is 24.2 Å². The van der Waals surface area contributed by atoms with Crippen LogP contribution in [0.3, 0.4) is 0 Å². The molecule has 0 aliphatic carbocycles. The number of nitrogens with zero attached hydrogens (tertiary/aromatic N) is 6. The third-order valence-electron chi connectivity index (χ3n) is 5.81. The maximum Gasteiger partial charge on any atom is 0.451 e. The predicted molar refractivity (Wildman–Crippen MR) is 133 cm³/mol. The van der Waals surface area contributed by atoms with Gasteiger partial charge in [-0.15, -0.1) is 12.4 Å². The van der Waals surface area contributed by atoms with Crippen molar-refractivity contribution in [3.63, 3.8) is 0 Å². The first kappa shape index (κ1) is 24.7. The first-order chi connectivity index (χ1) is 16.5. The molecule has 182 valence electrons. The SMILES string of the molecule is Cl.FC(F)(F)c1nc(N2CCN(CC=Cc3ccccc3)CC2)c2cnn(-c3ccccc3)c2n1. The number of fused-ring (bicyclic) bond motifs is 1. The predicted octanol–water partition coefficient (Wildman–Crippen LogP) is 5.09. The molecule has 0 atom stereocenters. The molecular formula is C25H24ClF3N6. The van der Waals surface area contributed by atoms with Crippen LogP contribution in [0, 0.1) is 0 Å². The van der Waals surface area contributed by atoms with Gasteiger partial charge in [-0.1, -0.05) is 60.7 Å². The average Bonchev–Trinajstić information content (AvgIpc) is 3.29. The second kappa shape index (κ2) is 10.5. The third-order valence-corrected chi connectivity index (χ3v) is 5.81. The van der Waals surface area contributed by atoms with Gasteiger partial charge in [-0.05, 0) is 17.7 Å². The van der Waals surface area contributed by atoms with Crippen molar-refractivity contribution in [3.8, 4) is 5.69 Å². The Balaban J connectivity index is 0.00000289. The molecule has 3 heterocycles. The van der Waals surface area contributed by atoms with Gasteiger partial charge in [0.1, 0.15) is 5.82 Å². The lowest BCUT2D eigenvalue weighted by atomic mass is 10.2. The van der Waals surface area contributed by atoms with Crippen LogP contribution < -0.4 is 4.90 Å². The average molecular weight is 501 g/mol.